The molecule has 0 bridgehead atoms. The molecule has 0 saturated heterocycles. The monoisotopic (exact) mass is 371 g/mol. The zero-order valence-electron chi connectivity index (χ0n) is 15.8. The average molecular weight is 371 g/mol. The van der Waals surface area contributed by atoms with Crippen molar-refractivity contribution >= 4 is 16.7 Å². The highest BCUT2D eigenvalue weighted by Crippen LogP contribution is 2.23. The van der Waals surface area contributed by atoms with E-state index in [1.165, 1.54) is 4.68 Å². The van der Waals surface area contributed by atoms with Crippen LogP contribution in [0.1, 0.15) is 18.2 Å². The largest absolute Gasteiger partial charge is 0.286 e. The van der Waals surface area contributed by atoms with E-state index in [4.69, 9.17) is 10.8 Å². The fraction of sp³-hybridized carbons (Fsp3) is 0.190. The summed E-state index contributed by atoms with van der Waals surface area (Å²) in [7, 11) is 1.89. The highest BCUT2D eigenvalue weighted by molar-refractivity contribution is 5.87. The first-order valence-electron chi connectivity index (χ1n) is 9.13. The Bertz CT molecular complexity index is 1230. The second-order valence-electron chi connectivity index (χ2n) is 6.75. The predicted octanol–water partition coefficient (Wildman–Crippen LogP) is 2.94. The molecule has 0 radical (unpaired) electrons. The summed E-state index contributed by atoms with van der Waals surface area (Å²) in [5.74, 6) is 0.274. The van der Waals surface area contributed by atoms with E-state index in [0.717, 1.165) is 39.7 Å². The van der Waals surface area contributed by atoms with Gasteiger partial charge in [0.2, 0.25) is 0 Å². The Morgan fingerprint density at radius 3 is 2.68 bits per heavy atom. The predicted molar refractivity (Wildman–Crippen MR) is 108 cm³/mol. The second kappa shape index (κ2) is 7.19. The highest BCUT2D eigenvalue weighted by atomic mass is 15.3. The quantitative estimate of drug-likeness (QED) is 0.426. The van der Waals surface area contributed by atoms with Crippen LogP contribution in [0.4, 0.5) is 0 Å². The topological polar surface area (TPSA) is 96.2 Å². The fourth-order valence-electron chi connectivity index (χ4n) is 3.14. The minimum Gasteiger partial charge on any atom is -0.286 e. The number of aryl methyl sites for hydroxylation is 2. The maximum absolute atomic E-state index is 8.42. The molecule has 28 heavy (non-hydrogen) atoms. The summed E-state index contributed by atoms with van der Waals surface area (Å²) in [5.41, 5.74) is 4.99. The highest BCUT2D eigenvalue weighted by Gasteiger charge is 2.08. The molecule has 4 aromatic rings. The lowest BCUT2D eigenvalue weighted by Gasteiger charge is -2.10. The molecular formula is C21H21N7. The molecular weight excluding hydrogens is 350 g/mol. The molecule has 0 aliphatic carbocycles. The van der Waals surface area contributed by atoms with Gasteiger partial charge in [-0.2, -0.15) is 10.2 Å². The first-order valence-corrected chi connectivity index (χ1v) is 9.13. The van der Waals surface area contributed by atoms with Crippen LogP contribution in [0.5, 0.6) is 0 Å². The van der Waals surface area contributed by atoms with Crippen LogP contribution in [0.3, 0.4) is 0 Å². The molecule has 7 heteroatoms. The van der Waals surface area contributed by atoms with E-state index in [1.807, 2.05) is 56.8 Å². The lowest BCUT2D eigenvalue weighted by molar-refractivity contribution is 0.759. The van der Waals surface area contributed by atoms with Crippen molar-refractivity contribution in [1.82, 2.24) is 24.5 Å². The van der Waals surface area contributed by atoms with Crippen molar-refractivity contribution in [2.45, 2.75) is 19.8 Å². The zero-order valence-corrected chi connectivity index (χ0v) is 15.8. The van der Waals surface area contributed by atoms with E-state index in [0.29, 0.717) is 6.42 Å². The SMILES string of the molecule is CCc1ccc(=N)n(C(=N)Cc2ccc3ncc(-c4cnn(C)c4)cc3c2)n1. The van der Waals surface area contributed by atoms with Gasteiger partial charge in [0, 0.05) is 42.4 Å². The molecule has 1 aromatic carbocycles. The van der Waals surface area contributed by atoms with Crippen molar-refractivity contribution in [1.29, 1.82) is 10.8 Å². The average Bonchev–Trinajstić information content (AvgIpc) is 3.14. The van der Waals surface area contributed by atoms with Crippen molar-refractivity contribution in [3.63, 3.8) is 0 Å². The summed E-state index contributed by atoms with van der Waals surface area (Å²) < 4.78 is 3.16. The van der Waals surface area contributed by atoms with Crippen LogP contribution in [0.15, 0.2) is 55.0 Å². The normalized spacial score (nSPS) is 11.1. The summed E-state index contributed by atoms with van der Waals surface area (Å²) in [4.78, 5) is 4.54. The van der Waals surface area contributed by atoms with Gasteiger partial charge < -0.3 is 0 Å². The molecule has 140 valence electrons. The van der Waals surface area contributed by atoms with Gasteiger partial charge in [-0.1, -0.05) is 13.0 Å². The van der Waals surface area contributed by atoms with Crippen LogP contribution in [-0.4, -0.2) is 30.4 Å². The molecule has 2 N–H and O–H groups in total. The van der Waals surface area contributed by atoms with Crippen molar-refractivity contribution in [2.24, 2.45) is 7.05 Å². The van der Waals surface area contributed by atoms with Gasteiger partial charge in [-0.3, -0.25) is 20.5 Å². The van der Waals surface area contributed by atoms with E-state index < -0.39 is 0 Å². The number of pyridine rings is 1. The van der Waals surface area contributed by atoms with E-state index >= 15 is 0 Å². The van der Waals surface area contributed by atoms with Gasteiger partial charge in [0.1, 0.15) is 11.3 Å². The number of hydrogen-bond acceptors (Lipinski definition) is 5. The van der Waals surface area contributed by atoms with Crippen molar-refractivity contribution in [3.05, 3.63) is 71.7 Å². The Labute approximate surface area is 162 Å². The van der Waals surface area contributed by atoms with Crippen LogP contribution < -0.4 is 5.49 Å². The summed E-state index contributed by atoms with van der Waals surface area (Å²) >= 11 is 0. The smallest absolute Gasteiger partial charge is 0.148 e. The molecule has 3 aromatic heterocycles. The first kappa shape index (κ1) is 17.8. The minimum absolute atomic E-state index is 0.212. The lowest BCUT2D eigenvalue weighted by atomic mass is 10.0. The van der Waals surface area contributed by atoms with Crippen LogP contribution in [0.2, 0.25) is 0 Å². The molecule has 3 heterocycles. The molecule has 4 rings (SSSR count). The Morgan fingerprint density at radius 1 is 1.07 bits per heavy atom. The number of rotatable bonds is 4. The summed E-state index contributed by atoms with van der Waals surface area (Å²) in [6.07, 6.45) is 6.79. The van der Waals surface area contributed by atoms with Crippen LogP contribution in [0.25, 0.3) is 22.0 Å². The maximum Gasteiger partial charge on any atom is 0.148 e. The van der Waals surface area contributed by atoms with Gasteiger partial charge in [0.15, 0.2) is 0 Å². The Morgan fingerprint density at radius 2 is 1.93 bits per heavy atom. The molecule has 0 unspecified atom stereocenters. The summed E-state index contributed by atoms with van der Waals surface area (Å²) in [5, 5.41) is 26.1. The van der Waals surface area contributed by atoms with Crippen molar-refractivity contribution in [2.75, 3.05) is 0 Å². The first-order chi connectivity index (χ1) is 13.5. The van der Waals surface area contributed by atoms with Gasteiger partial charge >= 0.3 is 0 Å². The van der Waals surface area contributed by atoms with E-state index in [2.05, 4.69) is 21.2 Å². The molecule has 0 aliphatic rings. The Hall–Kier alpha value is -3.61. The third-order valence-electron chi connectivity index (χ3n) is 4.66. The number of aromatic nitrogens is 5. The third-order valence-corrected chi connectivity index (χ3v) is 4.66. The third kappa shape index (κ3) is 3.46. The molecule has 7 nitrogen and oxygen atoms in total. The van der Waals surface area contributed by atoms with Gasteiger partial charge in [-0.15, -0.1) is 0 Å². The van der Waals surface area contributed by atoms with E-state index in [9.17, 15) is 0 Å². The molecule has 0 atom stereocenters. The Balaban J connectivity index is 1.65. The van der Waals surface area contributed by atoms with Crippen molar-refractivity contribution in [3.8, 4) is 11.1 Å². The van der Waals surface area contributed by atoms with Gasteiger partial charge in [0.25, 0.3) is 0 Å². The number of benzene rings is 1. The van der Waals surface area contributed by atoms with Crippen LogP contribution >= 0.6 is 0 Å². The molecule has 0 spiro atoms. The number of nitrogens with zero attached hydrogens (tertiary/aromatic N) is 5. The number of nitrogens with one attached hydrogen (secondary N) is 2. The van der Waals surface area contributed by atoms with Crippen molar-refractivity contribution < 1.29 is 0 Å². The molecule has 0 fully saturated rings. The van der Waals surface area contributed by atoms with Gasteiger partial charge in [0.05, 0.1) is 17.4 Å². The van der Waals surface area contributed by atoms with Crippen LogP contribution in [0, 0.1) is 10.8 Å². The minimum atomic E-state index is 0.212. The zero-order chi connectivity index (χ0) is 19.7. The summed E-state index contributed by atoms with van der Waals surface area (Å²) in [6, 6.07) is 11.6. The standard InChI is InChI=1S/C21H21N7/c1-3-18-5-7-20(22)28(26-18)21(23)9-14-4-6-19-15(8-14)10-16(11-24-19)17-12-25-27(2)13-17/h4-8,10-13,22-23H,3,9H2,1-2H3. The second-order valence-corrected chi connectivity index (χ2v) is 6.75. The fourth-order valence-corrected chi connectivity index (χ4v) is 3.14. The lowest BCUT2D eigenvalue weighted by Crippen LogP contribution is -2.30. The molecule has 0 saturated carbocycles. The Kier molecular flexibility index (Phi) is 4.57. The molecule has 0 aliphatic heterocycles. The van der Waals surface area contributed by atoms with Gasteiger partial charge in [-0.25, -0.2) is 4.68 Å². The number of hydrogen-bond donors (Lipinski definition) is 2. The van der Waals surface area contributed by atoms with Gasteiger partial charge in [-0.05, 0) is 42.3 Å². The van der Waals surface area contributed by atoms with Crippen LogP contribution in [-0.2, 0) is 19.9 Å². The molecule has 0 amide bonds. The number of fused-ring (bicyclic) bond motifs is 1. The summed E-state index contributed by atoms with van der Waals surface area (Å²) in [6.45, 7) is 2.01. The van der Waals surface area contributed by atoms with E-state index in [1.54, 1.807) is 10.7 Å². The maximum atomic E-state index is 8.42. The van der Waals surface area contributed by atoms with E-state index in [-0.39, 0.29) is 11.3 Å².